The molecule has 1 aliphatic rings. The summed E-state index contributed by atoms with van der Waals surface area (Å²) in [5.74, 6) is -3.18. The molecule has 0 aromatic heterocycles. The van der Waals surface area contributed by atoms with Crippen molar-refractivity contribution in [2.24, 2.45) is 0 Å². The minimum Gasteiger partial charge on any atom is -0.481 e. The SMILES string of the molecule is Cc1cc(F)c(C(=O)O)cc1C1(C(=O)O)CCC1. The minimum absolute atomic E-state index is 0.417. The summed E-state index contributed by atoms with van der Waals surface area (Å²) in [4.78, 5) is 22.3. The van der Waals surface area contributed by atoms with Crippen LogP contribution in [-0.4, -0.2) is 22.2 Å². The molecule has 1 aromatic rings. The molecule has 1 aliphatic carbocycles. The van der Waals surface area contributed by atoms with Gasteiger partial charge in [-0.3, -0.25) is 4.79 Å². The lowest BCUT2D eigenvalue weighted by Crippen LogP contribution is -2.43. The van der Waals surface area contributed by atoms with Crippen LogP contribution in [0.5, 0.6) is 0 Å². The van der Waals surface area contributed by atoms with Gasteiger partial charge in [0.05, 0.1) is 11.0 Å². The summed E-state index contributed by atoms with van der Waals surface area (Å²) in [6.45, 7) is 1.60. The number of carboxylic acid groups (broad SMARTS) is 2. The van der Waals surface area contributed by atoms with Gasteiger partial charge in [0, 0.05) is 0 Å². The largest absolute Gasteiger partial charge is 0.481 e. The first-order valence-corrected chi connectivity index (χ1v) is 5.66. The van der Waals surface area contributed by atoms with Crippen LogP contribution < -0.4 is 0 Å². The fraction of sp³-hybridized carbons (Fsp3) is 0.385. The van der Waals surface area contributed by atoms with Crippen molar-refractivity contribution in [3.05, 3.63) is 34.6 Å². The maximum atomic E-state index is 13.5. The number of carboxylic acids is 2. The fourth-order valence-corrected chi connectivity index (χ4v) is 2.48. The number of benzene rings is 1. The van der Waals surface area contributed by atoms with Crippen LogP contribution >= 0.6 is 0 Å². The zero-order valence-corrected chi connectivity index (χ0v) is 9.86. The van der Waals surface area contributed by atoms with Gasteiger partial charge in [-0.25, -0.2) is 9.18 Å². The van der Waals surface area contributed by atoms with E-state index in [1.807, 2.05) is 0 Å². The van der Waals surface area contributed by atoms with Gasteiger partial charge in [0.1, 0.15) is 5.82 Å². The Balaban J connectivity index is 2.60. The third-order valence-electron chi connectivity index (χ3n) is 3.68. The summed E-state index contributed by atoms with van der Waals surface area (Å²) in [6.07, 6.45) is 1.72. The molecule has 0 spiro atoms. The number of hydrogen-bond acceptors (Lipinski definition) is 2. The van der Waals surface area contributed by atoms with Crippen molar-refractivity contribution in [3.8, 4) is 0 Å². The summed E-state index contributed by atoms with van der Waals surface area (Å²) in [7, 11) is 0. The molecule has 0 bridgehead atoms. The van der Waals surface area contributed by atoms with E-state index in [-0.39, 0.29) is 0 Å². The lowest BCUT2D eigenvalue weighted by molar-refractivity contribution is -0.147. The first-order chi connectivity index (χ1) is 8.38. The summed E-state index contributed by atoms with van der Waals surface area (Å²) in [6, 6.07) is 2.27. The number of aromatic carboxylic acids is 1. The standard InChI is InChI=1S/C13H13FO4/c1-7-5-10(14)8(11(15)16)6-9(7)13(12(17)18)3-2-4-13/h5-6H,2-4H2,1H3,(H,15,16)(H,17,18). The van der Waals surface area contributed by atoms with Gasteiger partial charge in [-0.2, -0.15) is 0 Å². The van der Waals surface area contributed by atoms with Crippen molar-refractivity contribution in [2.45, 2.75) is 31.6 Å². The predicted octanol–water partition coefficient (Wildman–Crippen LogP) is 2.34. The van der Waals surface area contributed by atoms with Crippen LogP contribution in [0, 0.1) is 12.7 Å². The van der Waals surface area contributed by atoms with Crippen molar-refractivity contribution in [2.75, 3.05) is 0 Å². The highest BCUT2D eigenvalue weighted by Gasteiger charge is 2.47. The van der Waals surface area contributed by atoms with E-state index in [1.165, 1.54) is 6.07 Å². The second-order valence-electron chi connectivity index (χ2n) is 4.69. The topological polar surface area (TPSA) is 74.6 Å². The van der Waals surface area contributed by atoms with Crippen LogP contribution in [0.4, 0.5) is 4.39 Å². The van der Waals surface area contributed by atoms with Gasteiger partial charge < -0.3 is 10.2 Å². The van der Waals surface area contributed by atoms with E-state index >= 15 is 0 Å². The Labute approximate surface area is 103 Å². The first kappa shape index (κ1) is 12.5. The Morgan fingerprint density at radius 2 is 1.89 bits per heavy atom. The second kappa shape index (κ2) is 4.08. The van der Waals surface area contributed by atoms with E-state index in [2.05, 4.69) is 0 Å². The van der Waals surface area contributed by atoms with Gasteiger partial charge in [-0.15, -0.1) is 0 Å². The van der Waals surface area contributed by atoms with Gasteiger partial charge >= 0.3 is 11.9 Å². The zero-order chi connectivity index (χ0) is 13.5. The Bertz CT molecular complexity index is 532. The molecule has 1 aromatic carbocycles. The molecule has 1 saturated carbocycles. The third kappa shape index (κ3) is 1.66. The van der Waals surface area contributed by atoms with Crippen molar-refractivity contribution >= 4 is 11.9 Å². The highest BCUT2D eigenvalue weighted by atomic mass is 19.1. The number of halogens is 1. The van der Waals surface area contributed by atoms with Crippen molar-refractivity contribution in [1.82, 2.24) is 0 Å². The lowest BCUT2D eigenvalue weighted by atomic mass is 9.63. The molecular weight excluding hydrogens is 239 g/mol. The Hall–Kier alpha value is -1.91. The van der Waals surface area contributed by atoms with Crippen molar-refractivity contribution in [1.29, 1.82) is 0 Å². The molecule has 2 rings (SSSR count). The summed E-state index contributed by atoms with van der Waals surface area (Å²) in [5.41, 5.74) is -0.607. The highest BCUT2D eigenvalue weighted by molar-refractivity contribution is 5.90. The average Bonchev–Trinajstić information content (AvgIpc) is 2.18. The number of aliphatic carboxylic acids is 1. The van der Waals surface area contributed by atoms with Gasteiger partial charge in [-0.1, -0.05) is 6.42 Å². The number of rotatable bonds is 3. The van der Waals surface area contributed by atoms with E-state index in [0.717, 1.165) is 12.5 Å². The van der Waals surface area contributed by atoms with Crippen molar-refractivity contribution < 1.29 is 24.2 Å². The average molecular weight is 252 g/mol. The minimum atomic E-state index is -1.38. The predicted molar refractivity (Wildman–Crippen MR) is 61.3 cm³/mol. The Morgan fingerprint density at radius 1 is 1.28 bits per heavy atom. The molecule has 96 valence electrons. The smallest absolute Gasteiger partial charge is 0.338 e. The lowest BCUT2D eigenvalue weighted by Gasteiger charge is -2.39. The van der Waals surface area contributed by atoms with Crippen LogP contribution in [-0.2, 0) is 10.2 Å². The fourth-order valence-electron chi connectivity index (χ4n) is 2.48. The molecular formula is C13H13FO4. The molecule has 0 aliphatic heterocycles. The van der Waals surface area contributed by atoms with Crippen LogP contribution in [0.1, 0.15) is 40.7 Å². The number of carbonyl (C=O) groups is 2. The Kier molecular flexibility index (Phi) is 2.84. The van der Waals surface area contributed by atoms with Gasteiger partial charge in [0.2, 0.25) is 0 Å². The van der Waals surface area contributed by atoms with E-state index in [1.54, 1.807) is 6.92 Å². The quantitative estimate of drug-likeness (QED) is 0.865. The molecule has 0 radical (unpaired) electrons. The molecule has 0 atom stereocenters. The number of aryl methyl sites for hydroxylation is 1. The molecule has 4 nitrogen and oxygen atoms in total. The normalized spacial score (nSPS) is 17.0. The first-order valence-electron chi connectivity index (χ1n) is 5.66. The van der Waals surface area contributed by atoms with Crippen LogP contribution in [0.2, 0.25) is 0 Å². The molecule has 5 heteroatoms. The molecule has 0 saturated heterocycles. The molecule has 1 fully saturated rings. The zero-order valence-electron chi connectivity index (χ0n) is 9.86. The Morgan fingerprint density at radius 3 is 2.28 bits per heavy atom. The maximum Gasteiger partial charge on any atom is 0.338 e. The van der Waals surface area contributed by atoms with Crippen LogP contribution in [0.15, 0.2) is 12.1 Å². The monoisotopic (exact) mass is 252 g/mol. The van der Waals surface area contributed by atoms with Crippen LogP contribution in [0.3, 0.4) is 0 Å². The van der Waals surface area contributed by atoms with E-state index in [4.69, 9.17) is 5.11 Å². The molecule has 18 heavy (non-hydrogen) atoms. The van der Waals surface area contributed by atoms with E-state index < -0.39 is 28.7 Å². The summed E-state index contributed by atoms with van der Waals surface area (Å²) >= 11 is 0. The van der Waals surface area contributed by atoms with Gasteiger partial charge in [0.25, 0.3) is 0 Å². The van der Waals surface area contributed by atoms with Gasteiger partial charge in [-0.05, 0) is 43.0 Å². The second-order valence-corrected chi connectivity index (χ2v) is 4.69. The van der Waals surface area contributed by atoms with Crippen molar-refractivity contribution in [3.63, 3.8) is 0 Å². The van der Waals surface area contributed by atoms with Crippen LogP contribution in [0.25, 0.3) is 0 Å². The highest BCUT2D eigenvalue weighted by Crippen LogP contribution is 2.45. The molecule has 0 amide bonds. The maximum absolute atomic E-state index is 13.5. The molecule has 2 N–H and O–H groups in total. The molecule has 0 unspecified atom stereocenters. The van der Waals surface area contributed by atoms with Gasteiger partial charge in [0.15, 0.2) is 0 Å². The number of hydrogen-bond donors (Lipinski definition) is 2. The van der Waals surface area contributed by atoms with E-state index in [9.17, 15) is 19.1 Å². The summed E-state index contributed by atoms with van der Waals surface area (Å²) in [5, 5.41) is 18.2. The summed E-state index contributed by atoms with van der Waals surface area (Å²) < 4.78 is 13.5. The third-order valence-corrected chi connectivity index (χ3v) is 3.68. The molecule has 0 heterocycles. The van der Waals surface area contributed by atoms with E-state index in [0.29, 0.717) is 24.0 Å².